The number of rotatable bonds is 5. The predicted octanol–water partition coefficient (Wildman–Crippen LogP) is 0.494. The molecule has 0 bridgehead atoms. The van der Waals surface area contributed by atoms with Crippen LogP contribution in [0.4, 0.5) is 4.79 Å². The van der Waals surface area contributed by atoms with E-state index in [-0.39, 0.29) is 18.9 Å². The maximum absolute atomic E-state index is 12.4. The first kappa shape index (κ1) is 15.5. The zero-order chi connectivity index (χ0) is 15.6. The highest BCUT2D eigenvalue weighted by atomic mass is 16.2. The number of nitrogens with one attached hydrogen (secondary N) is 1. The van der Waals surface area contributed by atoms with Crippen LogP contribution in [0, 0.1) is 5.41 Å². The van der Waals surface area contributed by atoms with Gasteiger partial charge >= 0.3 is 6.03 Å². The minimum atomic E-state index is -1.06. The van der Waals surface area contributed by atoms with E-state index in [1.807, 2.05) is 13.8 Å². The molecule has 5 amide bonds. The van der Waals surface area contributed by atoms with Crippen molar-refractivity contribution >= 4 is 23.8 Å². The lowest BCUT2D eigenvalue weighted by molar-refractivity contribution is -0.157. The largest absolute Gasteiger partial charge is 0.343 e. The van der Waals surface area contributed by atoms with Crippen molar-refractivity contribution in [3.63, 3.8) is 0 Å². The van der Waals surface area contributed by atoms with E-state index in [1.54, 1.807) is 4.90 Å². The minimum Gasteiger partial charge on any atom is -0.343 e. The standard InChI is InChI=1S/C14H21N3O4/c1-3-16(4-2)10(18)6-9-17-12(20)14(7-5-8-14)11(19)15-13(17)21/h3-9H2,1-2H3,(H,15,19,21). The van der Waals surface area contributed by atoms with Crippen LogP contribution in [0.5, 0.6) is 0 Å². The van der Waals surface area contributed by atoms with Crippen LogP contribution in [0.25, 0.3) is 0 Å². The van der Waals surface area contributed by atoms with Gasteiger partial charge in [-0.3, -0.25) is 24.6 Å². The van der Waals surface area contributed by atoms with E-state index < -0.39 is 23.3 Å². The Labute approximate surface area is 123 Å². The number of carbonyl (C=O) groups excluding carboxylic acids is 4. The molecular formula is C14H21N3O4. The molecule has 0 unspecified atom stereocenters. The van der Waals surface area contributed by atoms with Gasteiger partial charge in [-0.2, -0.15) is 0 Å². The van der Waals surface area contributed by atoms with Crippen molar-refractivity contribution in [2.45, 2.75) is 39.5 Å². The molecule has 0 aromatic heterocycles. The van der Waals surface area contributed by atoms with Gasteiger partial charge in [0.2, 0.25) is 17.7 Å². The number of carbonyl (C=O) groups is 4. The van der Waals surface area contributed by atoms with Gasteiger partial charge in [0.05, 0.1) is 0 Å². The Balaban J connectivity index is 2.02. The van der Waals surface area contributed by atoms with Crippen molar-refractivity contribution in [3.05, 3.63) is 0 Å². The molecule has 1 saturated heterocycles. The second kappa shape index (κ2) is 5.83. The molecule has 0 aromatic rings. The highest BCUT2D eigenvalue weighted by Gasteiger charge is 2.57. The van der Waals surface area contributed by atoms with Gasteiger partial charge in [0, 0.05) is 26.1 Å². The molecule has 21 heavy (non-hydrogen) atoms. The smallest absolute Gasteiger partial charge is 0.330 e. The summed E-state index contributed by atoms with van der Waals surface area (Å²) in [7, 11) is 0. The molecule has 2 aliphatic rings. The van der Waals surface area contributed by atoms with Crippen molar-refractivity contribution in [1.29, 1.82) is 0 Å². The molecule has 0 radical (unpaired) electrons. The summed E-state index contributed by atoms with van der Waals surface area (Å²) in [6.45, 7) is 4.97. The Bertz CT molecular complexity index is 481. The average Bonchev–Trinajstić information content (AvgIpc) is 2.37. The molecule has 1 spiro atoms. The first-order valence-corrected chi connectivity index (χ1v) is 7.41. The normalized spacial score (nSPS) is 20.3. The van der Waals surface area contributed by atoms with Crippen LogP contribution in [-0.4, -0.2) is 53.2 Å². The number of hydrogen-bond donors (Lipinski definition) is 1. The zero-order valence-corrected chi connectivity index (χ0v) is 12.5. The van der Waals surface area contributed by atoms with Gasteiger partial charge in [-0.1, -0.05) is 6.42 Å². The Morgan fingerprint density at radius 3 is 2.33 bits per heavy atom. The summed E-state index contributed by atoms with van der Waals surface area (Å²) in [4.78, 5) is 50.7. The molecule has 1 heterocycles. The van der Waals surface area contributed by atoms with Gasteiger partial charge in [0.15, 0.2) is 0 Å². The molecule has 2 fully saturated rings. The third-order valence-corrected chi connectivity index (χ3v) is 4.43. The topological polar surface area (TPSA) is 86.8 Å². The lowest BCUT2D eigenvalue weighted by atomic mass is 9.66. The Hall–Kier alpha value is -1.92. The lowest BCUT2D eigenvalue weighted by Gasteiger charge is -2.44. The van der Waals surface area contributed by atoms with Crippen LogP contribution >= 0.6 is 0 Å². The molecule has 2 rings (SSSR count). The highest BCUT2D eigenvalue weighted by molar-refractivity contribution is 6.19. The highest BCUT2D eigenvalue weighted by Crippen LogP contribution is 2.44. The molecule has 1 N–H and O–H groups in total. The summed E-state index contributed by atoms with van der Waals surface area (Å²) in [5.74, 6) is -1.04. The monoisotopic (exact) mass is 295 g/mol. The van der Waals surface area contributed by atoms with Crippen molar-refractivity contribution < 1.29 is 19.2 Å². The first-order chi connectivity index (χ1) is 9.96. The van der Waals surface area contributed by atoms with E-state index in [0.717, 1.165) is 11.3 Å². The van der Waals surface area contributed by atoms with E-state index in [0.29, 0.717) is 25.9 Å². The third kappa shape index (κ3) is 2.52. The third-order valence-electron chi connectivity index (χ3n) is 4.43. The summed E-state index contributed by atoms with van der Waals surface area (Å²) in [6.07, 6.45) is 1.85. The number of imide groups is 2. The molecule has 116 valence electrons. The number of urea groups is 1. The van der Waals surface area contributed by atoms with Crippen LogP contribution in [-0.2, 0) is 14.4 Å². The van der Waals surface area contributed by atoms with Crippen molar-refractivity contribution in [3.8, 4) is 0 Å². The number of hydrogen-bond acceptors (Lipinski definition) is 4. The molecule has 0 aromatic carbocycles. The van der Waals surface area contributed by atoms with Gasteiger partial charge in [0.1, 0.15) is 5.41 Å². The van der Waals surface area contributed by atoms with Crippen LogP contribution in [0.3, 0.4) is 0 Å². The first-order valence-electron chi connectivity index (χ1n) is 7.41. The summed E-state index contributed by atoms with van der Waals surface area (Å²) >= 11 is 0. The fraction of sp³-hybridized carbons (Fsp3) is 0.714. The van der Waals surface area contributed by atoms with Crippen LogP contribution < -0.4 is 5.32 Å². The van der Waals surface area contributed by atoms with E-state index in [9.17, 15) is 19.2 Å². The average molecular weight is 295 g/mol. The fourth-order valence-corrected chi connectivity index (χ4v) is 2.85. The van der Waals surface area contributed by atoms with Gasteiger partial charge < -0.3 is 4.90 Å². The van der Waals surface area contributed by atoms with Crippen molar-refractivity contribution in [2.24, 2.45) is 5.41 Å². The second-order valence-electron chi connectivity index (χ2n) is 5.47. The minimum absolute atomic E-state index is 0.0228. The van der Waals surface area contributed by atoms with Crippen LogP contribution in [0.1, 0.15) is 39.5 Å². The summed E-state index contributed by atoms with van der Waals surface area (Å²) in [6, 6.07) is -0.713. The van der Waals surface area contributed by atoms with Crippen molar-refractivity contribution in [1.82, 2.24) is 15.1 Å². The van der Waals surface area contributed by atoms with Crippen LogP contribution in [0.2, 0.25) is 0 Å². The van der Waals surface area contributed by atoms with Crippen molar-refractivity contribution in [2.75, 3.05) is 19.6 Å². The molecule has 1 saturated carbocycles. The molecular weight excluding hydrogens is 274 g/mol. The number of nitrogens with zero attached hydrogens (tertiary/aromatic N) is 2. The maximum atomic E-state index is 12.4. The van der Waals surface area contributed by atoms with Gasteiger partial charge in [-0.05, 0) is 26.7 Å². The Morgan fingerprint density at radius 2 is 1.86 bits per heavy atom. The number of barbiturate groups is 1. The SMILES string of the molecule is CCN(CC)C(=O)CCN1C(=O)NC(=O)C2(CCC2)C1=O. The molecule has 1 aliphatic heterocycles. The number of amides is 5. The predicted molar refractivity (Wildman–Crippen MR) is 74.1 cm³/mol. The lowest BCUT2D eigenvalue weighted by Crippen LogP contribution is -2.66. The van der Waals surface area contributed by atoms with Gasteiger partial charge in [-0.25, -0.2) is 4.79 Å². The maximum Gasteiger partial charge on any atom is 0.330 e. The van der Waals surface area contributed by atoms with Gasteiger partial charge in [-0.15, -0.1) is 0 Å². The summed E-state index contributed by atoms with van der Waals surface area (Å²) in [5.41, 5.74) is -1.06. The van der Waals surface area contributed by atoms with Crippen LogP contribution in [0.15, 0.2) is 0 Å². The van der Waals surface area contributed by atoms with E-state index in [4.69, 9.17) is 0 Å². The van der Waals surface area contributed by atoms with Gasteiger partial charge in [0.25, 0.3) is 0 Å². The Kier molecular flexibility index (Phi) is 4.29. The zero-order valence-electron chi connectivity index (χ0n) is 12.5. The summed E-state index contributed by atoms with van der Waals surface area (Å²) in [5, 5.41) is 2.24. The van der Waals surface area contributed by atoms with E-state index in [2.05, 4.69) is 5.32 Å². The quantitative estimate of drug-likeness (QED) is 0.748. The molecule has 7 nitrogen and oxygen atoms in total. The summed E-state index contributed by atoms with van der Waals surface area (Å²) < 4.78 is 0. The molecule has 0 atom stereocenters. The Morgan fingerprint density at radius 1 is 1.24 bits per heavy atom. The van der Waals surface area contributed by atoms with E-state index in [1.165, 1.54) is 0 Å². The van der Waals surface area contributed by atoms with E-state index >= 15 is 0 Å². The molecule has 1 aliphatic carbocycles. The fourth-order valence-electron chi connectivity index (χ4n) is 2.85. The second-order valence-corrected chi connectivity index (χ2v) is 5.47. The molecule has 7 heteroatoms.